The molecule has 0 radical (unpaired) electrons. The minimum atomic E-state index is -1.24. The Hall–Kier alpha value is -2.37. The Morgan fingerprint density at radius 2 is 2.21 bits per heavy atom. The molecule has 5 nitrogen and oxygen atoms in total. The molecule has 0 spiro atoms. The van der Waals surface area contributed by atoms with E-state index in [-0.39, 0.29) is 17.4 Å². The van der Waals surface area contributed by atoms with Gasteiger partial charge in [-0.15, -0.1) is 0 Å². The first-order chi connectivity index (χ1) is 8.97. The summed E-state index contributed by atoms with van der Waals surface area (Å²) in [7, 11) is 0. The van der Waals surface area contributed by atoms with Crippen LogP contribution < -0.4 is 4.74 Å². The van der Waals surface area contributed by atoms with Gasteiger partial charge in [-0.05, 0) is 32.0 Å². The summed E-state index contributed by atoms with van der Waals surface area (Å²) in [4.78, 5) is 11.0. The molecule has 19 heavy (non-hydrogen) atoms. The third-order valence-electron chi connectivity index (χ3n) is 2.51. The van der Waals surface area contributed by atoms with Crippen LogP contribution >= 0.6 is 0 Å². The summed E-state index contributed by atoms with van der Waals surface area (Å²) >= 11 is 0. The Morgan fingerprint density at radius 3 is 2.79 bits per heavy atom. The number of carbonyl (C=O) groups is 1. The Bertz CT molecular complexity index is 608. The fraction of sp³-hybridized carbons (Fsp3) is 0.231. The van der Waals surface area contributed by atoms with E-state index >= 15 is 0 Å². The van der Waals surface area contributed by atoms with Crippen molar-refractivity contribution in [3.63, 3.8) is 0 Å². The molecule has 0 aliphatic rings. The largest absolute Gasteiger partial charge is 0.478 e. The highest BCUT2D eigenvalue weighted by atomic mass is 19.1. The predicted molar refractivity (Wildman–Crippen MR) is 66.0 cm³/mol. The number of nitrogens with zero attached hydrogens (tertiary/aromatic N) is 2. The summed E-state index contributed by atoms with van der Waals surface area (Å²) in [6, 6.07) is 3.52. The topological polar surface area (TPSA) is 64.3 Å². The highest BCUT2D eigenvalue weighted by Crippen LogP contribution is 2.26. The number of ether oxygens (including phenoxy) is 1. The van der Waals surface area contributed by atoms with Gasteiger partial charge in [0.25, 0.3) is 0 Å². The second kappa shape index (κ2) is 5.09. The number of carboxylic acids is 1. The van der Waals surface area contributed by atoms with Gasteiger partial charge in [-0.2, -0.15) is 5.10 Å². The van der Waals surface area contributed by atoms with Gasteiger partial charge in [0.1, 0.15) is 17.1 Å². The quantitative estimate of drug-likeness (QED) is 0.921. The Labute approximate surface area is 109 Å². The Morgan fingerprint density at radius 1 is 1.47 bits per heavy atom. The van der Waals surface area contributed by atoms with Crippen LogP contribution in [0, 0.1) is 5.82 Å². The molecule has 0 saturated heterocycles. The summed E-state index contributed by atoms with van der Waals surface area (Å²) in [5.74, 6) is -1.38. The van der Waals surface area contributed by atoms with E-state index in [1.807, 2.05) is 13.8 Å². The lowest BCUT2D eigenvalue weighted by molar-refractivity contribution is 0.0693. The van der Waals surface area contributed by atoms with E-state index in [0.717, 1.165) is 12.1 Å². The van der Waals surface area contributed by atoms with E-state index < -0.39 is 11.8 Å². The van der Waals surface area contributed by atoms with Gasteiger partial charge >= 0.3 is 5.97 Å². The van der Waals surface area contributed by atoms with Crippen LogP contribution in [0.2, 0.25) is 0 Å². The van der Waals surface area contributed by atoms with Crippen molar-refractivity contribution in [2.45, 2.75) is 19.9 Å². The lowest BCUT2D eigenvalue weighted by Gasteiger charge is -2.07. The van der Waals surface area contributed by atoms with Gasteiger partial charge in [-0.25, -0.2) is 9.18 Å². The first-order valence-electron chi connectivity index (χ1n) is 5.72. The zero-order valence-electron chi connectivity index (χ0n) is 10.5. The summed E-state index contributed by atoms with van der Waals surface area (Å²) < 4.78 is 20.1. The van der Waals surface area contributed by atoms with Crippen molar-refractivity contribution in [2.75, 3.05) is 0 Å². The summed E-state index contributed by atoms with van der Waals surface area (Å²) in [5, 5.41) is 13.1. The van der Waals surface area contributed by atoms with Crippen LogP contribution in [0.5, 0.6) is 11.5 Å². The van der Waals surface area contributed by atoms with Crippen molar-refractivity contribution in [1.29, 1.82) is 0 Å². The second-order valence-corrected chi connectivity index (χ2v) is 4.30. The van der Waals surface area contributed by atoms with E-state index in [2.05, 4.69) is 5.10 Å². The number of hydrogen-bond acceptors (Lipinski definition) is 3. The van der Waals surface area contributed by atoms with Crippen LogP contribution in [0.15, 0.2) is 30.6 Å². The Balaban J connectivity index is 2.29. The molecule has 1 aromatic carbocycles. The van der Waals surface area contributed by atoms with E-state index in [1.54, 1.807) is 10.9 Å². The first kappa shape index (κ1) is 13.1. The molecule has 1 heterocycles. The lowest BCUT2D eigenvalue weighted by Crippen LogP contribution is -2.01. The van der Waals surface area contributed by atoms with Crippen LogP contribution in [-0.4, -0.2) is 20.9 Å². The van der Waals surface area contributed by atoms with Crippen LogP contribution in [0.4, 0.5) is 4.39 Å². The number of benzene rings is 1. The van der Waals surface area contributed by atoms with Crippen LogP contribution in [0.1, 0.15) is 30.2 Å². The number of aromatic nitrogens is 2. The monoisotopic (exact) mass is 264 g/mol. The number of halogens is 1. The van der Waals surface area contributed by atoms with Gasteiger partial charge in [0.05, 0.1) is 12.4 Å². The molecule has 1 N–H and O–H groups in total. The molecule has 0 saturated carbocycles. The molecular formula is C13H13FN2O3. The predicted octanol–water partition coefficient (Wildman–Crippen LogP) is 3.09. The molecule has 0 amide bonds. The molecule has 6 heteroatoms. The molecule has 0 aliphatic carbocycles. The van der Waals surface area contributed by atoms with Gasteiger partial charge < -0.3 is 9.84 Å². The van der Waals surface area contributed by atoms with Crippen molar-refractivity contribution in [1.82, 2.24) is 9.78 Å². The van der Waals surface area contributed by atoms with E-state index in [0.29, 0.717) is 5.75 Å². The lowest BCUT2D eigenvalue weighted by atomic mass is 10.2. The third kappa shape index (κ3) is 2.90. The zero-order valence-corrected chi connectivity index (χ0v) is 10.5. The number of hydrogen-bond donors (Lipinski definition) is 1. The highest BCUT2D eigenvalue weighted by Gasteiger charge is 2.14. The maximum atomic E-state index is 13.0. The fourth-order valence-corrected chi connectivity index (χ4v) is 1.54. The number of carboxylic acid groups (broad SMARTS) is 1. The smallest absolute Gasteiger partial charge is 0.339 e. The van der Waals surface area contributed by atoms with Gasteiger partial charge in [-0.1, -0.05) is 0 Å². The van der Waals surface area contributed by atoms with Crippen molar-refractivity contribution in [2.24, 2.45) is 0 Å². The summed E-state index contributed by atoms with van der Waals surface area (Å²) in [6.45, 7) is 3.91. The molecule has 0 atom stereocenters. The Kier molecular flexibility index (Phi) is 3.50. The van der Waals surface area contributed by atoms with Crippen molar-refractivity contribution < 1.29 is 19.0 Å². The first-order valence-corrected chi connectivity index (χ1v) is 5.72. The molecular weight excluding hydrogens is 251 g/mol. The number of aromatic carboxylic acids is 1. The van der Waals surface area contributed by atoms with E-state index in [9.17, 15) is 9.18 Å². The van der Waals surface area contributed by atoms with Gasteiger partial charge in [0.2, 0.25) is 0 Å². The van der Waals surface area contributed by atoms with Crippen molar-refractivity contribution >= 4 is 5.97 Å². The fourth-order valence-electron chi connectivity index (χ4n) is 1.54. The molecule has 0 fully saturated rings. The molecule has 0 aliphatic heterocycles. The SMILES string of the molecule is CC(C)n1cc(Oc2ccc(F)cc2C(=O)O)cn1. The molecule has 2 aromatic rings. The van der Waals surface area contributed by atoms with Crippen LogP contribution in [0.3, 0.4) is 0 Å². The summed E-state index contributed by atoms with van der Waals surface area (Å²) in [5.41, 5.74) is -0.225. The minimum Gasteiger partial charge on any atom is -0.478 e. The second-order valence-electron chi connectivity index (χ2n) is 4.30. The molecule has 1 aromatic heterocycles. The molecule has 2 rings (SSSR count). The van der Waals surface area contributed by atoms with Crippen LogP contribution in [0.25, 0.3) is 0 Å². The average molecular weight is 264 g/mol. The molecule has 0 unspecified atom stereocenters. The number of rotatable bonds is 4. The zero-order chi connectivity index (χ0) is 14.0. The maximum Gasteiger partial charge on any atom is 0.339 e. The van der Waals surface area contributed by atoms with Gasteiger partial charge in [0.15, 0.2) is 5.75 Å². The summed E-state index contributed by atoms with van der Waals surface area (Å²) in [6.07, 6.45) is 3.13. The van der Waals surface area contributed by atoms with Crippen LogP contribution in [-0.2, 0) is 0 Å². The maximum absolute atomic E-state index is 13.0. The highest BCUT2D eigenvalue weighted by molar-refractivity contribution is 5.91. The minimum absolute atomic E-state index is 0.0807. The average Bonchev–Trinajstić information content (AvgIpc) is 2.80. The molecule has 100 valence electrons. The molecule has 0 bridgehead atoms. The van der Waals surface area contributed by atoms with E-state index in [1.165, 1.54) is 12.3 Å². The van der Waals surface area contributed by atoms with E-state index in [4.69, 9.17) is 9.84 Å². The normalized spacial score (nSPS) is 10.7. The standard InChI is InChI=1S/C13H13FN2O3/c1-8(2)16-7-10(6-15-16)19-12-4-3-9(14)5-11(12)13(17)18/h3-8H,1-2H3,(H,17,18). The van der Waals surface area contributed by atoms with Crippen molar-refractivity contribution in [3.05, 3.63) is 42.0 Å². The van der Waals surface area contributed by atoms with Crippen molar-refractivity contribution in [3.8, 4) is 11.5 Å². The van der Waals surface area contributed by atoms with Gasteiger partial charge in [0, 0.05) is 6.04 Å². The van der Waals surface area contributed by atoms with Gasteiger partial charge in [-0.3, -0.25) is 4.68 Å². The third-order valence-corrected chi connectivity index (χ3v) is 2.51.